The minimum atomic E-state index is -0.563. The molecule has 1 heterocycles. The number of nitrogens with zero attached hydrogens (tertiary/aromatic N) is 1. The molecule has 0 saturated heterocycles. The van der Waals surface area contributed by atoms with Gasteiger partial charge in [0.15, 0.2) is 0 Å². The highest BCUT2D eigenvalue weighted by Gasteiger charge is 2.06. The summed E-state index contributed by atoms with van der Waals surface area (Å²) in [5.41, 5.74) is 1.61. The lowest BCUT2D eigenvalue weighted by Gasteiger charge is -2.06. The second-order valence-electron chi connectivity index (χ2n) is 2.85. The molecule has 2 heteroatoms. The molecular weight excluding hydrogens is 162 g/mol. The van der Waals surface area contributed by atoms with Crippen molar-refractivity contribution < 1.29 is 5.11 Å². The minimum absolute atomic E-state index is 0.451. The lowest BCUT2D eigenvalue weighted by atomic mass is 10.1. The Hall–Kier alpha value is -1.33. The van der Waals surface area contributed by atoms with Crippen LogP contribution in [0.5, 0.6) is 0 Å². The van der Waals surface area contributed by atoms with Crippen LogP contribution >= 0.6 is 0 Å². The van der Waals surface area contributed by atoms with E-state index < -0.39 is 6.10 Å². The Labute approximate surface area is 78.6 Å². The second-order valence-corrected chi connectivity index (χ2v) is 2.85. The molecule has 0 aliphatic heterocycles. The molecule has 1 rings (SSSR count). The number of hydrogen-bond donors (Lipinski definition) is 1. The zero-order valence-corrected chi connectivity index (χ0v) is 7.91. The van der Waals surface area contributed by atoms with Gasteiger partial charge in [-0.1, -0.05) is 6.07 Å². The van der Waals surface area contributed by atoms with Crippen molar-refractivity contribution in [3.8, 4) is 11.8 Å². The second kappa shape index (κ2) is 4.64. The first-order valence-electron chi connectivity index (χ1n) is 4.25. The average Bonchev–Trinajstić information content (AvgIpc) is 2.14. The van der Waals surface area contributed by atoms with Crippen molar-refractivity contribution in [1.82, 2.24) is 4.98 Å². The van der Waals surface area contributed by atoms with E-state index in [1.165, 1.54) is 0 Å². The molecule has 0 amide bonds. The Kier molecular flexibility index (Phi) is 3.48. The summed E-state index contributed by atoms with van der Waals surface area (Å²) in [6, 6.07) is 5.61. The lowest BCUT2D eigenvalue weighted by molar-refractivity contribution is 0.179. The molecule has 0 fully saturated rings. The number of hydrogen-bond acceptors (Lipinski definition) is 2. The fourth-order valence-electron chi connectivity index (χ4n) is 1.05. The van der Waals surface area contributed by atoms with Crippen LogP contribution in [0.2, 0.25) is 0 Å². The number of pyridine rings is 1. The van der Waals surface area contributed by atoms with Gasteiger partial charge in [-0.3, -0.25) is 4.98 Å². The number of aromatic nitrogens is 1. The molecule has 1 N–H and O–H groups in total. The van der Waals surface area contributed by atoms with E-state index in [0.29, 0.717) is 12.1 Å². The van der Waals surface area contributed by atoms with Gasteiger partial charge in [0.2, 0.25) is 0 Å². The molecule has 0 spiro atoms. The van der Waals surface area contributed by atoms with Crippen molar-refractivity contribution in [2.75, 3.05) is 0 Å². The van der Waals surface area contributed by atoms with Crippen molar-refractivity contribution >= 4 is 0 Å². The Bertz CT molecular complexity index is 335. The zero-order valence-electron chi connectivity index (χ0n) is 7.91. The number of aliphatic hydroxyl groups excluding tert-OH is 1. The minimum Gasteiger partial charge on any atom is -0.386 e. The van der Waals surface area contributed by atoms with Crippen LogP contribution in [-0.2, 0) is 0 Å². The van der Waals surface area contributed by atoms with Crippen molar-refractivity contribution in [2.24, 2.45) is 0 Å². The smallest absolute Gasteiger partial charge is 0.107 e. The SMILES string of the molecule is CC#CCC(O)c1cccc(C)n1. The van der Waals surface area contributed by atoms with Crippen LogP contribution in [-0.4, -0.2) is 10.1 Å². The van der Waals surface area contributed by atoms with Gasteiger partial charge in [-0.2, -0.15) is 0 Å². The normalized spacial score (nSPS) is 11.6. The van der Waals surface area contributed by atoms with Crippen LogP contribution in [0.4, 0.5) is 0 Å². The van der Waals surface area contributed by atoms with Crippen LogP contribution in [0, 0.1) is 18.8 Å². The Morgan fingerprint density at radius 1 is 1.54 bits per heavy atom. The first-order chi connectivity index (χ1) is 6.24. The highest BCUT2D eigenvalue weighted by Crippen LogP contribution is 2.13. The summed E-state index contributed by atoms with van der Waals surface area (Å²) in [5, 5.41) is 9.61. The molecule has 1 atom stereocenters. The molecule has 0 aliphatic rings. The van der Waals surface area contributed by atoms with Gasteiger partial charge in [-0.15, -0.1) is 11.8 Å². The van der Waals surface area contributed by atoms with Crippen molar-refractivity contribution in [3.63, 3.8) is 0 Å². The van der Waals surface area contributed by atoms with Gasteiger partial charge in [0.25, 0.3) is 0 Å². The Morgan fingerprint density at radius 2 is 2.31 bits per heavy atom. The molecule has 0 aromatic carbocycles. The Balaban J connectivity index is 2.74. The largest absolute Gasteiger partial charge is 0.386 e. The summed E-state index contributed by atoms with van der Waals surface area (Å²) in [5.74, 6) is 5.57. The maximum Gasteiger partial charge on any atom is 0.107 e. The van der Waals surface area contributed by atoms with E-state index in [1.54, 1.807) is 6.92 Å². The van der Waals surface area contributed by atoms with Gasteiger partial charge in [0.1, 0.15) is 6.10 Å². The molecule has 0 saturated carbocycles. The van der Waals surface area contributed by atoms with Crippen LogP contribution in [0.3, 0.4) is 0 Å². The van der Waals surface area contributed by atoms with E-state index in [9.17, 15) is 5.11 Å². The maximum atomic E-state index is 9.61. The standard InChI is InChI=1S/C11H13NO/c1-3-4-8-11(13)10-7-5-6-9(2)12-10/h5-7,11,13H,8H2,1-2H3. The first kappa shape index (κ1) is 9.76. The number of rotatable bonds is 2. The molecule has 13 heavy (non-hydrogen) atoms. The molecule has 1 aromatic rings. The Morgan fingerprint density at radius 3 is 2.92 bits per heavy atom. The monoisotopic (exact) mass is 175 g/mol. The first-order valence-corrected chi connectivity index (χ1v) is 4.25. The number of aryl methyl sites for hydroxylation is 1. The fourth-order valence-corrected chi connectivity index (χ4v) is 1.05. The molecule has 1 unspecified atom stereocenters. The third kappa shape index (κ3) is 2.89. The van der Waals surface area contributed by atoms with E-state index in [0.717, 1.165) is 5.69 Å². The summed E-state index contributed by atoms with van der Waals surface area (Å²) < 4.78 is 0. The van der Waals surface area contributed by atoms with E-state index >= 15 is 0 Å². The van der Waals surface area contributed by atoms with Crippen LogP contribution in [0.1, 0.15) is 30.8 Å². The fraction of sp³-hybridized carbons (Fsp3) is 0.364. The zero-order chi connectivity index (χ0) is 9.68. The molecule has 68 valence electrons. The quantitative estimate of drug-likeness (QED) is 0.696. The summed E-state index contributed by atoms with van der Waals surface area (Å²) in [7, 11) is 0. The van der Waals surface area contributed by atoms with E-state index in [4.69, 9.17) is 0 Å². The summed E-state index contributed by atoms with van der Waals surface area (Å²) >= 11 is 0. The summed E-state index contributed by atoms with van der Waals surface area (Å²) in [6.07, 6.45) is -0.111. The number of aliphatic hydroxyl groups is 1. The topological polar surface area (TPSA) is 33.1 Å². The van der Waals surface area contributed by atoms with Gasteiger partial charge < -0.3 is 5.11 Å². The van der Waals surface area contributed by atoms with E-state index in [1.807, 2.05) is 25.1 Å². The van der Waals surface area contributed by atoms with Gasteiger partial charge in [0, 0.05) is 12.1 Å². The molecular formula is C11H13NO. The van der Waals surface area contributed by atoms with Gasteiger partial charge >= 0.3 is 0 Å². The van der Waals surface area contributed by atoms with E-state index in [2.05, 4.69) is 16.8 Å². The average molecular weight is 175 g/mol. The maximum absolute atomic E-state index is 9.61. The predicted octanol–water partition coefficient (Wildman–Crippen LogP) is 1.84. The van der Waals surface area contributed by atoms with Gasteiger partial charge in [0.05, 0.1) is 5.69 Å². The van der Waals surface area contributed by atoms with Crippen LogP contribution in [0.25, 0.3) is 0 Å². The molecule has 2 nitrogen and oxygen atoms in total. The molecule has 1 aromatic heterocycles. The molecule has 0 bridgehead atoms. The van der Waals surface area contributed by atoms with E-state index in [-0.39, 0.29) is 0 Å². The summed E-state index contributed by atoms with van der Waals surface area (Å²) in [6.45, 7) is 3.66. The molecule has 0 radical (unpaired) electrons. The third-order valence-corrected chi connectivity index (χ3v) is 1.72. The third-order valence-electron chi connectivity index (χ3n) is 1.72. The van der Waals surface area contributed by atoms with Crippen molar-refractivity contribution in [2.45, 2.75) is 26.4 Å². The highest BCUT2D eigenvalue weighted by atomic mass is 16.3. The van der Waals surface area contributed by atoms with Crippen molar-refractivity contribution in [1.29, 1.82) is 0 Å². The van der Waals surface area contributed by atoms with Gasteiger partial charge in [-0.25, -0.2) is 0 Å². The summed E-state index contributed by atoms with van der Waals surface area (Å²) in [4.78, 5) is 4.21. The van der Waals surface area contributed by atoms with Crippen molar-refractivity contribution in [3.05, 3.63) is 29.6 Å². The predicted molar refractivity (Wildman–Crippen MR) is 52.0 cm³/mol. The molecule has 0 aliphatic carbocycles. The van der Waals surface area contributed by atoms with Crippen LogP contribution in [0.15, 0.2) is 18.2 Å². The van der Waals surface area contributed by atoms with Crippen LogP contribution < -0.4 is 0 Å². The highest BCUT2D eigenvalue weighted by molar-refractivity contribution is 5.14. The van der Waals surface area contributed by atoms with Gasteiger partial charge in [-0.05, 0) is 26.0 Å². The lowest BCUT2D eigenvalue weighted by Crippen LogP contribution is -1.99.